The fraction of sp³-hybridized carbons (Fsp3) is 0.481. The highest BCUT2D eigenvalue weighted by molar-refractivity contribution is 6.60. The smallest absolute Gasteiger partial charge is 0.494 e. The van der Waals surface area contributed by atoms with E-state index in [9.17, 15) is 4.79 Å². The van der Waals surface area contributed by atoms with Gasteiger partial charge in [0.25, 0.3) is 0 Å². The zero-order chi connectivity index (χ0) is 24.9. The fourth-order valence-corrected chi connectivity index (χ4v) is 6.76. The number of rotatable bonds is 16. The lowest BCUT2D eigenvalue weighted by Gasteiger charge is -2.28. The summed E-state index contributed by atoms with van der Waals surface area (Å²) in [6.45, 7) is 8.46. The van der Waals surface area contributed by atoms with Crippen LogP contribution in [0.5, 0.6) is 5.75 Å². The maximum Gasteiger partial charge on any atom is 0.500 e. The van der Waals surface area contributed by atoms with Crippen LogP contribution in [0.3, 0.4) is 0 Å². The molecule has 190 valence electrons. The average molecular weight is 500 g/mol. The normalized spacial score (nSPS) is 11.7. The highest BCUT2D eigenvalue weighted by Crippen LogP contribution is 2.24. The van der Waals surface area contributed by atoms with E-state index in [1.807, 2.05) is 63.2 Å². The molecule has 2 heterocycles. The molecule has 0 unspecified atom stereocenters. The molecule has 0 amide bonds. The molecule has 8 heteroatoms. The van der Waals surface area contributed by atoms with Gasteiger partial charge in [0, 0.05) is 37.4 Å². The summed E-state index contributed by atoms with van der Waals surface area (Å²) < 4.78 is 29.1. The van der Waals surface area contributed by atoms with Crippen LogP contribution < -0.4 is 10.4 Å². The van der Waals surface area contributed by atoms with Gasteiger partial charge in [0.05, 0.1) is 12.2 Å². The fourth-order valence-electron chi connectivity index (χ4n) is 4.08. The molecule has 3 rings (SSSR count). The summed E-state index contributed by atoms with van der Waals surface area (Å²) in [5, 5.41) is 0.789. The summed E-state index contributed by atoms with van der Waals surface area (Å²) in [6, 6.07) is 13.9. The zero-order valence-electron chi connectivity index (χ0n) is 21.1. The Morgan fingerprint density at radius 3 is 2.31 bits per heavy atom. The molecule has 7 nitrogen and oxygen atoms in total. The van der Waals surface area contributed by atoms with Crippen molar-refractivity contribution >= 4 is 19.9 Å². The molecular formula is C27H37NO6Si. The van der Waals surface area contributed by atoms with Crippen molar-refractivity contribution in [1.29, 1.82) is 0 Å². The largest absolute Gasteiger partial charge is 0.500 e. The van der Waals surface area contributed by atoms with Gasteiger partial charge in [-0.2, -0.15) is 0 Å². The van der Waals surface area contributed by atoms with Crippen LogP contribution in [0.1, 0.15) is 52.9 Å². The predicted molar refractivity (Wildman–Crippen MR) is 140 cm³/mol. The van der Waals surface area contributed by atoms with Crippen LogP contribution in [0.15, 0.2) is 57.9 Å². The quantitative estimate of drug-likeness (QED) is 0.171. The molecule has 0 atom stereocenters. The molecule has 0 spiro atoms. The second-order valence-corrected chi connectivity index (χ2v) is 11.0. The van der Waals surface area contributed by atoms with Crippen LogP contribution >= 0.6 is 0 Å². The van der Waals surface area contributed by atoms with Crippen LogP contribution in [0.4, 0.5) is 0 Å². The lowest BCUT2D eigenvalue weighted by molar-refractivity contribution is 0.0706. The van der Waals surface area contributed by atoms with Gasteiger partial charge >= 0.3 is 14.4 Å². The maximum absolute atomic E-state index is 12.4. The number of unbranched alkanes of at least 4 members (excludes halogenated alkanes) is 4. The van der Waals surface area contributed by atoms with Crippen LogP contribution in [0, 0.1) is 0 Å². The van der Waals surface area contributed by atoms with E-state index in [2.05, 4.69) is 4.98 Å². The van der Waals surface area contributed by atoms with Crippen molar-refractivity contribution in [3.05, 3.63) is 59.1 Å². The molecular weight excluding hydrogens is 462 g/mol. The monoisotopic (exact) mass is 499 g/mol. The lowest BCUT2D eigenvalue weighted by atomic mass is 10.1. The molecule has 0 bridgehead atoms. The third-order valence-electron chi connectivity index (χ3n) is 5.64. The summed E-state index contributed by atoms with van der Waals surface area (Å²) >= 11 is 0. The van der Waals surface area contributed by atoms with E-state index in [0.29, 0.717) is 37.7 Å². The van der Waals surface area contributed by atoms with Gasteiger partial charge in [-0.25, -0.2) is 9.78 Å². The summed E-state index contributed by atoms with van der Waals surface area (Å²) in [7, 11) is -2.52. The lowest BCUT2D eigenvalue weighted by Crippen LogP contribution is -2.45. The number of aromatic nitrogens is 1. The van der Waals surface area contributed by atoms with Crippen molar-refractivity contribution in [2.75, 3.05) is 26.4 Å². The van der Waals surface area contributed by atoms with Crippen molar-refractivity contribution in [2.24, 2.45) is 0 Å². The number of fused-ring (bicyclic) bond motifs is 1. The number of hydrogen-bond donors (Lipinski definition) is 0. The Hall–Kier alpha value is -2.52. The predicted octanol–water partition coefficient (Wildman–Crippen LogP) is 6.23. The summed E-state index contributed by atoms with van der Waals surface area (Å²) in [6.07, 6.45) is 6.96. The van der Waals surface area contributed by atoms with Crippen LogP contribution in [-0.4, -0.2) is 40.2 Å². The first-order valence-electron chi connectivity index (χ1n) is 12.6. The Kier molecular flexibility index (Phi) is 10.9. The second kappa shape index (κ2) is 14.1. The minimum absolute atomic E-state index is 0.343. The first kappa shape index (κ1) is 27.1. The molecule has 0 saturated heterocycles. The highest BCUT2D eigenvalue weighted by atomic mass is 28.4. The van der Waals surface area contributed by atoms with E-state index in [1.54, 1.807) is 6.20 Å². The molecule has 2 aromatic heterocycles. The SMILES string of the molecule is CCO[Si](CCCCCCCOc1cccc(-c2cc3cccnc3oc2=O)c1)(OCC)OCC. The Balaban J connectivity index is 1.43. The molecule has 0 aliphatic rings. The minimum Gasteiger partial charge on any atom is -0.494 e. The summed E-state index contributed by atoms with van der Waals surface area (Å²) in [5.41, 5.74) is 1.21. The number of benzene rings is 1. The van der Waals surface area contributed by atoms with Crippen molar-refractivity contribution in [3.8, 4) is 16.9 Å². The Morgan fingerprint density at radius 2 is 1.57 bits per heavy atom. The number of hydrogen-bond acceptors (Lipinski definition) is 7. The van der Waals surface area contributed by atoms with E-state index in [-0.39, 0.29) is 0 Å². The first-order chi connectivity index (χ1) is 17.1. The van der Waals surface area contributed by atoms with Crippen molar-refractivity contribution < 1.29 is 22.4 Å². The molecule has 3 aromatic rings. The first-order valence-corrected chi connectivity index (χ1v) is 14.6. The Labute approximate surface area is 208 Å². The topological polar surface area (TPSA) is 80.0 Å². The van der Waals surface area contributed by atoms with E-state index >= 15 is 0 Å². The molecule has 0 saturated carbocycles. The molecule has 0 N–H and O–H groups in total. The summed E-state index contributed by atoms with van der Waals surface area (Å²) in [4.78, 5) is 16.5. The summed E-state index contributed by atoms with van der Waals surface area (Å²) in [5.74, 6) is 0.745. The number of nitrogens with zero attached hydrogens (tertiary/aromatic N) is 1. The zero-order valence-corrected chi connectivity index (χ0v) is 22.1. The van der Waals surface area contributed by atoms with Crippen LogP contribution in [0.25, 0.3) is 22.2 Å². The van der Waals surface area contributed by atoms with E-state index < -0.39 is 14.4 Å². The van der Waals surface area contributed by atoms with E-state index in [1.165, 1.54) is 0 Å². The van der Waals surface area contributed by atoms with Crippen molar-refractivity contribution in [3.63, 3.8) is 0 Å². The molecule has 0 fully saturated rings. The molecule has 0 radical (unpaired) electrons. The van der Waals surface area contributed by atoms with Gasteiger partial charge in [-0.1, -0.05) is 31.4 Å². The Morgan fingerprint density at radius 1 is 0.857 bits per heavy atom. The number of pyridine rings is 1. The molecule has 1 aromatic carbocycles. The van der Waals surface area contributed by atoms with Gasteiger partial charge < -0.3 is 22.4 Å². The third-order valence-corrected chi connectivity index (χ3v) is 8.79. The van der Waals surface area contributed by atoms with Gasteiger partial charge in [0.2, 0.25) is 5.71 Å². The molecule has 0 aliphatic heterocycles. The third kappa shape index (κ3) is 8.00. The van der Waals surface area contributed by atoms with Crippen LogP contribution in [0.2, 0.25) is 6.04 Å². The molecule has 0 aliphatic carbocycles. The maximum atomic E-state index is 12.4. The van der Waals surface area contributed by atoms with Gasteiger partial charge in [0.15, 0.2) is 0 Å². The van der Waals surface area contributed by atoms with E-state index in [4.69, 9.17) is 22.4 Å². The minimum atomic E-state index is -2.52. The van der Waals surface area contributed by atoms with Crippen LogP contribution in [-0.2, 0) is 13.3 Å². The van der Waals surface area contributed by atoms with Gasteiger partial charge in [-0.3, -0.25) is 0 Å². The van der Waals surface area contributed by atoms with Gasteiger partial charge in [-0.15, -0.1) is 0 Å². The van der Waals surface area contributed by atoms with Gasteiger partial charge in [-0.05, 0) is 69.5 Å². The highest BCUT2D eigenvalue weighted by Gasteiger charge is 2.39. The second-order valence-electron chi connectivity index (χ2n) is 8.22. The average Bonchev–Trinajstić information content (AvgIpc) is 2.86. The van der Waals surface area contributed by atoms with Gasteiger partial charge in [0.1, 0.15) is 5.75 Å². The standard InChI is InChI=1S/C27H37NO6Si/c1-4-31-35(32-5-2,33-6-3)19-11-9-7-8-10-18-30-24-16-12-14-22(20-24)25-21-23-15-13-17-28-26(23)34-27(25)29/h12-17,20-21H,4-11,18-19H2,1-3H3. The number of ether oxygens (including phenoxy) is 1. The molecule has 35 heavy (non-hydrogen) atoms. The van der Waals surface area contributed by atoms with E-state index in [0.717, 1.165) is 54.8 Å². The Bertz CT molecular complexity index is 1090. The van der Waals surface area contributed by atoms with Crippen molar-refractivity contribution in [1.82, 2.24) is 4.98 Å². The van der Waals surface area contributed by atoms with Crippen molar-refractivity contribution in [2.45, 2.75) is 58.9 Å².